The molecular weight excluding hydrogens is 278 g/mol. The van der Waals surface area contributed by atoms with Gasteiger partial charge in [-0.25, -0.2) is 0 Å². The number of carbonyl (C=O) groups excluding carboxylic acids is 1. The van der Waals surface area contributed by atoms with E-state index in [1.165, 1.54) is 12.8 Å². The van der Waals surface area contributed by atoms with Crippen molar-refractivity contribution in [3.05, 3.63) is 23.8 Å². The minimum Gasteiger partial charge on any atom is -0.490 e. The summed E-state index contributed by atoms with van der Waals surface area (Å²) < 4.78 is 11.4. The van der Waals surface area contributed by atoms with Crippen molar-refractivity contribution in [3.8, 4) is 5.75 Å². The quantitative estimate of drug-likeness (QED) is 0.862. The molecule has 0 heterocycles. The number of amides is 1. The third kappa shape index (κ3) is 3.80. The van der Waals surface area contributed by atoms with Crippen molar-refractivity contribution >= 4 is 11.6 Å². The molecule has 1 atom stereocenters. The van der Waals surface area contributed by atoms with Gasteiger partial charge in [0.1, 0.15) is 11.4 Å². The predicted octanol–water partition coefficient (Wildman–Crippen LogP) is 4.07. The monoisotopic (exact) mass is 305 g/mol. The molecule has 1 aromatic carbocycles. The highest BCUT2D eigenvalue weighted by Gasteiger charge is 2.31. The van der Waals surface area contributed by atoms with Gasteiger partial charge in [0.2, 0.25) is 0 Å². The molecular formula is C18H27NO3. The van der Waals surface area contributed by atoms with Crippen LogP contribution in [0.1, 0.15) is 51.5 Å². The lowest BCUT2D eigenvalue weighted by atomic mass is 10.0. The lowest BCUT2D eigenvalue weighted by Crippen LogP contribution is -2.41. The molecule has 0 radical (unpaired) electrons. The number of anilines is 1. The zero-order valence-electron chi connectivity index (χ0n) is 14.1. The van der Waals surface area contributed by atoms with Crippen molar-refractivity contribution < 1.29 is 14.3 Å². The largest absolute Gasteiger partial charge is 0.490 e. The molecule has 0 unspecified atom stereocenters. The molecule has 0 spiro atoms. The van der Waals surface area contributed by atoms with Gasteiger partial charge in [0.25, 0.3) is 5.91 Å². The van der Waals surface area contributed by atoms with E-state index in [0.29, 0.717) is 12.5 Å². The second-order valence-corrected chi connectivity index (χ2v) is 6.25. The summed E-state index contributed by atoms with van der Waals surface area (Å²) in [7, 11) is 1.56. The first kappa shape index (κ1) is 16.8. The Morgan fingerprint density at radius 3 is 2.59 bits per heavy atom. The Morgan fingerprint density at radius 1 is 1.36 bits per heavy atom. The van der Waals surface area contributed by atoms with Crippen LogP contribution in [-0.2, 0) is 9.53 Å². The molecule has 1 amide bonds. The number of carbonyl (C=O) groups is 1. The van der Waals surface area contributed by atoms with Crippen LogP contribution < -0.4 is 10.1 Å². The Labute approximate surface area is 133 Å². The molecule has 22 heavy (non-hydrogen) atoms. The van der Waals surface area contributed by atoms with Crippen LogP contribution in [0.4, 0.5) is 5.69 Å². The van der Waals surface area contributed by atoms with Crippen molar-refractivity contribution in [2.24, 2.45) is 0 Å². The highest BCUT2D eigenvalue weighted by Crippen LogP contribution is 2.28. The number of nitrogens with one attached hydrogen (secondary N) is 1. The van der Waals surface area contributed by atoms with E-state index in [2.05, 4.69) is 5.32 Å². The summed E-state index contributed by atoms with van der Waals surface area (Å²) in [5.74, 6) is 0.788. The standard InChI is InChI=1S/C18H27NO3/c1-5-18(3,21-4)17(20)19-14-10-11-16(13(2)12-14)22-15-8-6-7-9-15/h10-12,15H,5-9H2,1-4H3,(H,19,20)/t18-/m0/s1. The van der Waals surface area contributed by atoms with Gasteiger partial charge >= 0.3 is 0 Å². The van der Waals surface area contributed by atoms with E-state index in [-0.39, 0.29) is 5.91 Å². The van der Waals surface area contributed by atoms with Crippen LogP contribution in [0, 0.1) is 6.92 Å². The highest BCUT2D eigenvalue weighted by atomic mass is 16.5. The third-order valence-corrected chi connectivity index (χ3v) is 4.63. The van der Waals surface area contributed by atoms with Gasteiger partial charge in [-0.3, -0.25) is 4.79 Å². The smallest absolute Gasteiger partial charge is 0.256 e. The molecule has 0 saturated heterocycles. The fourth-order valence-electron chi connectivity index (χ4n) is 2.71. The third-order valence-electron chi connectivity index (χ3n) is 4.63. The number of hydrogen-bond donors (Lipinski definition) is 1. The van der Waals surface area contributed by atoms with E-state index in [0.717, 1.165) is 29.8 Å². The average Bonchev–Trinajstić information content (AvgIpc) is 3.02. The van der Waals surface area contributed by atoms with Gasteiger partial charge in [0.15, 0.2) is 0 Å². The maximum atomic E-state index is 12.3. The number of hydrogen-bond acceptors (Lipinski definition) is 3. The summed E-state index contributed by atoms with van der Waals surface area (Å²) in [6.45, 7) is 5.74. The van der Waals surface area contributed by atoms with Crippen molar-refractivity contribution in [2.75, 3.05) is 12.4 Å². The first-order chi connectivity index (χ1) is 10.5. The Kier molecular flexibility index (Phi) is 5.46. The summed E-state index contributed by atoms with van der Waals surface area (Å²) in [6.07, 6.45) is 5.75. The molecule has 122 valence electrons. The molecule has 0 aliphatic heterocycles. The summed E-state index contributed by atoms with van der Waals surface area (Å²) in [6, 6.07) is 5.79. The van der Waals surface area contributed by atoms with Gasteiger partial charge in [-0.05, 0) is 69.7 Å². The summed E-state index contributed by atoms with van der Waals surface area (Å²) in [4.78, 5) is 12.3. The van der Waals surface area contributed by atoms with E-state index in [9.17, 15) is 4.79 Å². The van der Waals surface area contributed by atoms with Crippen LogP contribution in [-0.4, -0.2) is 24.7 Å². The van der Waals surface area contributed by atoms with Gasteiger partial charge in [-0.1, -0.05) is 6.92 Å². The van der Waals surface area contributed by atoms with E-state index in [1.54, 1.807) is 14.0 Å². The van der Waals surface area contributed by atoms with Gasteiger partial charge in [-0.15, -0.1) is 0 Å². The van der Waals surface area contributed by atoms with Gasteiger partial charge in [0.05, 0.1) is 6.10 Å². The fourth-order valence-corrected chi connectivity index (χ4v) is 2.71. The Bertz CT molecular complexity index is 517. The Balaban J connectivity index is 2.04. The Hall–Kier alpha value is -1.55. The zero-order valence-corrected chi connectivity index (χ0v) is 14.1. The van der Waals surface area contributed by atoms with Crippen LogP contribution in [0.5, 0.6) is 5.75 Å². The average molecular weight is 305 g/mol. The maximum Gasteiger partial charge on any atom is 0.256 e. The lowest BCUT2D eigenvalue weighted by molar-refractivity contribution is -0.136. The van der Waals surface area contributed by atoms with Crippen LogP contribution in [0.2, 0.25) is 0 Å². The van der Waals surface area contributed by atoms with E-state index in [4.69, 9.17) is 9.47 Å². The predicted molar refractivity (Wildman–Crippen MR) is 88.4 cm³/mol. The van der Waals surface area contributed by atoms with Crippen molar-refractivity contribution in [1.82, 2.24) is 0 Å². The van der Waals surface area contributed by atoms with Gasteiger partial charge in [0, 0.05) is 12.8 Å². The lowest BCUT2D eigenvalue weighted by Gasteiger charge is -2.25. The molecule has 4 heteroatoms. The summed E-state index contributed by atoms with van der Waals surface area (Å²) in [5, 5.41) is 2.93. The molecule has 1 aliphatic rings. The van der Waals surface area contributed by atoms with E-state index >= 15 is 0 Å². The van der Waals surface area contributed by atoms with Gasteiger partial charge < -0.3 is 14.8 Å². The molecule has 0 aromatic heterocycles. The fraction of sp³-hybridized carbons (Fsp3) is 0.611. The maximum absolute atomic E-state index is 12.3. The number of aryl methyl sites for hydroxylation is 1. The molecule has 0 bridgehead atoms. The second kappa shape index (κ2) is 7.14. The van der Waals surface area contributed by atoms with Crippen LogP contribution in [0.25, 0.3) is 0 Å². The molecule has 1 aliphatic carbocycles. The molecule has 4 nitrogen and oxygen atoms in total. The second-order valence-electron chi connectivity index (χ2n) is 6.25. The topological polar surface area (TPSA) is 47.6 Å². The van der Waals surface area contributed by atoms with Crippen LogP contribution in [0.15, 0.2) is 18.2 Å². The number of methoxy groups -OCH3 is 1. The number of ether oxygens (including phenoxy) is 2. The normalized spacial score (nSPS) is 18.0. The SMILES string of the molecule is CC[C@](C)(OC)C(=O)Nc1ccc(OC2CCCC2)c(C)c1. The van der Waals surface area contributed by atoms with E-state index < -0.39 is 5.60 Å². The Morgan fingerprint density at radius 2 is 2.05 bits per heavy atom. The van der Waals surface area contributed by atoms with Crippen LogP contribution >= 0.6 is 0 Å². The van der Waals surface area contributed by atoms with E-state index in [1.807, 2.05) is 32.0 Å². The highest BCUT2D eigenvalue weighted by molar-refractivity contribution is 5.97. The van der Waals surface area contributed by atoms with Crippen molar-refractivity contribution in [3.63, 3.8) is 0 Å². The first-order valence-corrected chi connectivity index (χ1v) is 8.12. The number of rotatable bonds is 6. The van der Waals surface area contributed by atoms with Crippen LogP contribution in [0.3, 0.4) is 0 Å². The summed E-state index contributed by atoms with van der Waals surface area (Å²) in [5.41, 5.74) is 1.02. The molecule has 1 N–H and O–H groups in total. The van der Waals surface area contributed by atoms with Crippen molar-refractivity contribution in [2.45, 2.75) is 64.6 Å². The zero-order chi connectivity index (χ0) is 16.2. The molecule has 1 saturated carbocycles. The molecule has 2 rings (SSSR count). The summed E-state index contributed by atoms with van der Waals surface area (Å²) >= 11 is 0. The molecule has 1 aromatic rings. The molecule has 1 fully saturated rings. The van der Waals surface area contributed by atoms with Crippen molar-refractivity contribution in [1.29, 1.82) is 0 Å². The first-order valence-electron chi connectivity index (χ1n) is 8.12. The minimum atomic E-state index is -0.799. The minimum absolute atomic E-state index is 0.124. The number of benzene rings is 1. The van der Waals surface area contributed by atoms with Gasteiger partial charge in [-0.2, -0.15) is 0 Å².